The second-order valence-electron chi connectivity index (χ2n) is 7.74. The predicted octanol–water partition coefficient (Wildman–Crippen LogP) is 5.54. The Balaban J connectivity index is 1.77. The van der Waals surface area contributed by atoms with Crippen LogP contribution in [0.5, 0.6) is 0 Å². The van der Waals surface area contributed by atoms with Crippen LogP contribution in [-0.2, 0) is 18.3 Å². The van der Waals surface area contributed by atoms with Gasteiger partial charge in [-0.25, -0.2) is 0 Å². The number of benzene rings is 2. The maximum absolute atomic E-state index is 4.22. The van der Waals surface area contributed by atoms with Crippen LogP contribution < -0.4 is 0 Å². The molecule has 4 aromatic rings. The molecule has 1 aliphatic rings. The lowest BCUT2D eigenvalue weighted by molar-refractivity contribution is 0.519. The molecule has 0 aliphatic heterocycles. The van der Waals surface area contributed by atoms with Gasteiger partial charge in [-0.05, 0) is 77.4 Å². The smallest absolute Gasteiger partial charge is 0.0295 e. The summed E-state index contributed by atoms with van der Waals surface area (Å²) in [5.74, 6) is 0. The van der Waals surface area contributed by atoms with Gasteiger partial charge in [0.25, 0.3) is 0 Å². The third-order valence-electron chi connectivity index (χ3n) is 5.93. The van der Waals surface area contributed by atoms with Gasteiger partial charge in [0.05, 0.1) is 0 Å². The summed E-state index contributed by atoms with van der Waals surface area (Å²) < 4.78 is 0. The van der Waals surface area contributed by atoms with Crippen molar-refractivity contribution in [3.8, 4) is 11.1 Å². The molecule has 0 atom stereocenters. The second-order valence-corrected chi connectivity index (χ2v) is 7.74. The molecule has 2 heterocycles. The molecule has 0 spiro atoms. The molecule has 0 amide bonds. The molecule has 0 unspecified atom stereocenters. The molecule has 0 fully saturated rings. The monoisotopic (exact) mass is 362 g/mol. The van der Waals surface area contributed by atoms with Crippen LogP contribution in [0.15, 0.2) is 91.5 Å². The lowest BCUT2D eigenvalue weighted by atomic mass is 9.69. The number of hydrogen-bond donors (Lipinski definition) is 0. The summed E-state index contributed by atoms with van der Waals surface area (Å²) >= 11 is 0. The largest absolute Gasteiger partial charge is 0.265 e. The first kappa shape index (κ1) is 16.9. The summed E-state index contributed by atoms with van der Waals surface area (Å²) in [6.07, 6.45) is 9.48. The molecule has 2 nitrogen and oxygen atoms in total. The van der Waals surface area contributed by atoms with Gasteiger partial charge in [-0.3, -0.25) is 9.97 Å². The lowest BCUT2D eigenvalue weighted by Crippen LogP contribution is -2.31. The van der Waals surface area contributed by atoms with E-state index in [1.165, 1.54) is 38.9 Å². The average Bonchev–Trinajstić information content (AvgIpc) is 2.99. The molecule has 0 N–H and O–H groups in total. The zero-order chi connectivity index (χ0) is 19.0. The van der Waals surface area contributed by atoms with E-state index < -0.39 is 0 Å². The fourth-order valence-corrected chi connectivity index (χ4v) is 4.71. The van der Waals surface area contributed by atoms with Crippen LogP contribution in [0.1, 0.15) is 27.8 Å². The molecule has 2 aromatic carbocycles. The van der Waals surface area contributed by atoms with Crippen LogP contribution in [-0.4, -0.2) is 9.97 Å². The standard InChI is InChI=1S/C26H22N2/c1-19-6-7-23-22-4-2-3-5-24(22)26(25(23)16-19,17-20-8-12-27-13-9-20)18-21-10-14-28-15-11-21/h2-16H,17-18H2,1H3. The van der Waals surface area contributed by atoms with Crippen molar-refractivity contribution < 1.29 is 0 Å². The number of pyridine rings is 2. The second kappa shape index (κ2) is 6.72. The zero-order valence-electron chi connectivity index (χ0n) is 16.0. The molecular weight excluding hydrogens is 340 g/mol. The Kier molecular flexibility index (Phi) is 4.05. The first-order valence-electron chi connectivity index (χ1n) is 9.75. The summed E-state index contributed by atoms with van der Waals surface area (Å²) in [5, 5.41) is 0. The normalized spacial score (nSPS) is 13.8. The van der Waals surface area contributed by atoms with Gasteiger partial charge < -0.3 is 0 Å². The summed E-state index contributed by atoms with van der Waals surface area (Å²) in [6, 6.07) is 24.4. The first-order chi connectivity index (χ1) is 13.8. The fraction of sp³-hybridized carbons (Fsp3) is 0.154. The highest BCUT2D eigenvalue weighted by atomic mass is 14.6. The Bertz CT molecular complexity index is 1080. The molecule has 0 saturated carbocycles. The Labute approximate surface area is 165 Å². The van der Waals surface area contributed by atoms with E-state index >= 15 is 0 Å². The third kappa shape index (κ3) is 2.73. The van der Waals surface area contributed by atoms with Crippen molar-refractivity contribution in [1.82, 2.24) is 9.97 Å². The third-order valence-corrected chi connectivity index (χ3v) is 5.93. The van der Waals surface area contributed by atoms with E-state index in [2.05, 4.69) is 83.6 Å². The Hall–Kier alpha value is -3.26. The maximum atomic E-state index is 4.22. The maximum Gasteiger partial charge on any atom is 0.0295 e. The number of rotatable bonds is 4. The molecule has 5 rings (SSSR count). The SMILES string of the molecule is Cc1ccc2c(c1)C(Cc1ccncc1)(Cc1ccncc1)c1ccccc1-2. The quantitative estimate of drug-likeness (QED) is 0.476. The number of hydrogen-bond acceptors (Lipinski definition) is 2. The zero-order valence-corrected chi connectivity index (χ0v) is 16.0. The Morgan fingerprint density at radius 3 is 1.86 bits per heavy atom. The van der Waals surface area contributed by atoms with Gasteiger partial charge in [0.15, 0.2) is 0 Å². The van der Waals surface area contributed by atoms with E-state index in [-0.39, 0.29) is 5.41 Å². The van der Waals surface area contributed by atoms with Crippen molar-refractivity contribution in [2.24, 2.45) is 0 Å². The van der Waals surface area contributed by atoms with E-state index in [4.69, 9.17) is 0 Å². The van der Waals surface area contributed by atoms with Crippen molar-refractivity contribution in [3.05, 3.63) is 119 Å². The van der Waals surface area contributed by atoms with Crippen molar-refractivity contribution >= 4 is 0 Å². The number of aryl methyl sites for hydroxylation is 1. The fourth-order valence-electron chi connectivity index (χ4n) is 4.71. The summed E-state index contributed by atoms with van der Waals surface area (Å²) in [5.41, 5.74) is 9.42. The van der Waals surface area contributed by atoms with E-state index in [0.717, 1.165) is 12.8 Å². The van der Waals surface area contributed by atoms with Crippen molar-refractivity contribution in [2.75, 3.05) is 0 Å². The van der Waals surface area contributed by atoms with E-state index in [9.17, 15) is 0 Å². The van der Waals surface area contributed by atoms with Gasteiger partial charge in [-0.1, -0.05) is 48.0 Å². The molecule has 1 aliphatic carbocycles. The number of fused-ring (bicyclic) bond motifs is 3. The average molecular weight is 362 g/mol. The summed E-state index contributed by atoms with van der Waals surface area (Å²) in [6.45, 7) is 2.19. The highest BCUT2D eigenvalue weighted by molar-refractivity contribution is 5.81. The molecule has 2 aromatic heterocycles. The van der Waals surface area contributed by atoms with Crippen LogP contribution in [0.2, 0.25) is 0 Å². The Morgan fingerprint density at radius 1 is 0.643 bits per heavy atom. The van der Waals surface area contributed by atoms with Crippen molar-refractivity contribution in [1.29, 1.82) is 0 Å². The molecule has 0 saturated heterocycles. The van der Waals surface area contributed by atoms with Gasteiger partial charge in [0.2, 0.25) is 0 Å². The number of nitrogens with zero attached hydrogens (tertiary/aromatic N) is 2. The van der Waals surface area contributed by atoms with Gasteiger partial charge in [-0.2, -0.15) is 0 Å². The number of aromatic nitrogens is 2. The highest BCUT2D eigenvalue weighted by Gasteiger charge is 2.43. The Morgan fingerprint density at radius 2 is 1.21 bits per heavy atom. The van der Waals surface area contributed by atoms with E-state index in [1.807, 2.05) is 24.8 Å². The van der Waals surface area contributed by atoms with Gasteiger partial charge in [0, 0.05) is 30.2 Å². The first-order valence-corrected chi connectivity index (χ1v) is 9.75. The van der Waals surface area contributed by atoms with Crippen LogP contribution in [0.3, 0.4) is 0 Å². The minimum Gasteiger partial charge on any atom is -0.265 e. The molecule has 2 heteroatoms. The van der Waals surface area contributed by atoms with Gasteiger partial charge in [0.1, 0.15) is 0 Å². The minimum absolute atomic E-state index is 0.0966. The topological polar surface area (TPSA) is 25.8 Å². The van der Waals surface area contributed by atoms with Crippen LogP contribution in [0.25, 0.3) is 11.1 Å². The molecule has 136 valence electrons. The van der Waals surface area contributed by atoms with Crippen molar-refractivity contribution in [2.45, 2.75) is 25.2 Å². The van der Waals surface area contributed by atoms with Crippen LogP contribution >= 0.6 is 0 Å². The minimum atomic E-state index is -0.0966. The molecule has 0 radical (unpaired) electrons. The molecule has 0 bridgehead atoms. The summed E-state index contributed by atoms with van der Waals surface area (Å²) in [7, 11) is 0. The molecular formula is C26H22N2. The predicted molar refractivity (Wildman–Crippen MR) is 113 cm³/mol. The van der Waals surface area contributed by atoms with Crippen molar-refractivity contribution in [3.63, 3.8) is 0 Å². The molecule has 28 heavy (non-hydrogen) atoms. The summed E-state index contributed by atoms with van der Waals surface area (Å²) in [4.78, 5) is 8.44. The lowest BCUT2D eigenvalue weighted by Gasteiger charge is -2.33. The van der Waals surface area contributed by atoms with Crippen LogP contribution in [0.4, 0.5) is 0 Å². The van der Waals surface area contributed by atoms with Gasteiger partial charge >= 0.3 is 0 Å². The van der Waals surface area contributed by atoms with E-state index in [1.54, 1.807) is 0 Å². The highest BCUT2D eigenvalue weighted by Crippen LogP contribution is 2.52. The van der Waals surface area contributed by atoms with E-state index in [0.29, 0.717) is 0 Å². The van der Waals surface area contributed by atoms with Gasteiger partial charge in [-0.15, -0.1) is 0 Å². The van der Waals surface area contributed by atoms with Crippen LogP contribution in [0, 0.1) is 6.92 Å².